The minimum Gasteiger partial charge on any atom is -0.496 e. The van der Waals surface area contributed by atoms with Gasteiger partial charge in [0.15, 0.2) is 0 Å². The molecule has 0 saturated carbocycles. The highest BCUT2D eigenvalue weighted by molar-refractivity contribution is 5.93. The Hall–Kier alpha value is -2.30. The summed E-state index contributed by atoms with van der Waals surface area (Å²) in [4.78, 5) is 22.4. The minimum absolute atomic E-state index is 0.329. The lowest BCUT2D eigenvalue weighted by molar-refractivity contribution is -0.134. The van der Waals surface area contributed by atoms with Crippen molar-refractivity contribution in [2.45, 2.75) is 0 Å². The molecule has 0 amide bonds. The van der Waals surface area contributed by atoms with Crippen molar-refractivity contribution in [3.8, 4) is 5.75 Å². The van der Waals surface area contributed by atoms with Crippen LogP contribution >= 0.6 is 0 Å². The van der Waals surface area contributed by atoms with Crippen molar-refractivity contribution < 1.29 is 23.8 Å². The molecule has 0 aliphatic rings. The smallest absolute Gasteiger partial charge is 0.341 e. The Balaban J connectivity index is 3.02. The Bertz CT molecular complexity index is 476. The van der Waals surface area contributed by atoms with Gasteiger partial charge in [-0.3, -0.25) is 0 Å². The normalized spacial score (nSPS) is 10.2. The molecule has 0 atom stereocenters. The van der Waals surface area contributed by atoms with E-state index in [-0.39, 0.29) is 0 Å². The summed E-state index contributed by atoms with van der Waals surface area (Å²) in [6, 6.07) is 4.88. The molecule has 0 radical (unpaired) electrons. The van der Waals surface area contributed by atoms with E-state index in [4.69, 9.17) is 4.74 Å². The molecule has 5 nitrogen and oxygen atoms in total. The Morgan fingerprint density at radius 3 is 2.39 bits per heavy atom. The summed E-state index contributed by atoms with van der Waals surface area (Å²) in [5, 5.41) is 0. The van der Waals surface area contributed by atoms with Gasteiger partial charge in [-0.05, 0) is 23.8 Å². The van der Waals surface area contributed by atoms with Gasteiger partial charge >= 0.3 is 11.9 Å². The average Bonchev–Trinajstić information content (AvgIpc) is 2.43. The summed E-state index contributed by atoms with van der Waals surface area (Å²) < 4.78 is 14.2. The first-order valence-corrected chi connectivity index (χ1v) is 5.14. The zero-order valence-electron chi connectivity index (χ0n) is 10.4. The number of benzene rings is 1. The third kappa shape index (κ3) is 3.35. The van der Waals surface area contributed by atoms with Gasteiger partial charge in [0.05, 0.1) is 21.3 Å². The van der Waals surface area contributed by atoms with Gasteiger partial charge < -0.3 is 14.2 Å². The first-order valence-electron chi connectivity index (χ1n) is 5.14. The first kappa shape index (κ1) is 13.8. The van der Waals surface area contributed by atoms with E-state index in [0.29, 0.717) is 16.9 Å². The molecule has 0 spiro atoms. The molecule has 1 aromatic carbocycles. The van der Waals surface area contributed by atoms with Crippen LogP contribution < -0.4 is 4.74 Å². The molecular formula is C13H14O5. The largest absolute Gasteiger partial charge is 0.496 e. The molecular weight excluding hydrogens is 236 g/mol. The molecule has 0 saturated heterocycles. The molecule has 0 heterocycles. The Morgan fingerprint density at radius 2 is 1.83 bits per heavy atom. The van der Waals surface area contributed by atoms with E-state index in [1.165, 1.54) is 27.4 Å². The number of esters is 2. The lowest BCUT2D eigenvalue weighted by Gasteiger charge is -2.07. The van der Waals surface area contributed by atoms with Gasteiger partial charge in [0.2, 0.25) is 0 Å². The third-order valence-corrected chi connectivity index (χ3v) is 2.24. The predicted molar refractivity (Wildman–Crippen MR) is 65.4 cm³/mol. The van der Waals surface area contributed by atoms with Crippen molar-refractivity contribution >= 4 is 18.0 Å². The van der Waals surface area contributed by atoms with Crippen LogP contribution in [0.25, 0.3) is 6.08 Å². The second-order valence-corrected chi connectivity index (χ2v) is 3.31. The van der Waals surface area contributed by atoms with E-state index >= 15 is 0 Å². The number of methoxy groups -OCH3 is 3. The molecule has 0 aliphatic heterocycles. The van der Waals surface area contributed by atoms with Gasteiger partial charge in [-0.1, -0.05) is 6.07 Å². The zero-order valence-corrected chi connectivity index (χ0v) is 10.4. The van der Waals surface area contributed by atoms with Crippen LogP contribution in [0.15, 0.2) is 24.3 Å². The lowest BCUT2D eigenvalue weighted by Crippen LogP contribution is -2.04. The van der Waals surface area contributed by atoms with E-state index in [1.807, 2.05) is 0 Å². The highest BCUT2D eigenvalue weighted by atomic mass is 16.5. The predicted octanol–water partition coefficient (Wildman–Crippen LogP) is 1.67. The van der Waals surface area contributed by atoms with Crippen LogP contribution in [0.4, 0.5) is 0 Å². The molecule has 0 fully saturated rings. The fourth-order valence-corrected chi connectivity index (χ4v) is 1.32. The van der Waals surface area contributed by atoms with E-state index in [2.05, 4.69) is 9.47 Å². The van der Waals surface area contributed by atoms with Crippen LogP contribution in [-0.4, -0.2) is 33.3 Å². The van der Waals surface area contributed by atoms with Crippen molar-refractivity contribution in [2.24, 2.45) is 0 Å². The molecule has 0 aliphatic carbocycles. The Kier molecular flexibility index (Phi) is 4.92. The summed E-state index contributed by atoms with van der Waals surface area (Å²) in [5.41, 5.74) is 1.04. The van der Waals surface area contributed by atoms with Crippen LogP contribution in [0.3, 0.4) is 0 Å². The van der Waals surface area contributed by atoms with Gasteiger partial charge in [0.1, 0.15) is 11.3 Å². The van der Waals surface area contributed by atoms with Crippen molar-refractivity contribution in [2.75, 3.05) is 21.3 Å². The van der Waals surface area contributed by atoms with Crippen molar-refractivity contribution in [3.63, 3.8) is 0 Å². The van der Waals surface area contributed by atoms with Crippen LogP contribution in [0, 0.1) is 0 Å². The minimum atomic E-state index is -0.477. The second kappa shape index (κ2) is 6.44. The highest BCUT2D eigenvalue weighted by Crippen LogP contribution is 2.21. The molecule has 5 heteroatoms. The molecule has 0 unspecified atom stereocenters. The zero-order chi connectivity index (χ0) is 13.5. The van der Waals surface area contributed by atoms with Crippen molar-refractivity contribution in [1.29, 1.82) is 0 Å². The quantitative estimate of drug-likeness (QED) is 0.601. The second-order valence-electron chi connectivity index (χ2n) is 3.31. The number of ether oxygens (including phenoxy) is 3. The van der Waals surface area contributed by atoms with E-state index in [1.54, 1.807) is 24.3 Å². The summed E-state index contributed by atoms with van der Waals surface area (Å²) in [6.45, 7) is 0. The lowest BCUT2D eigenvalue weighted by atomic mass is 10.1. The monoisotopic (exact) mass is 250 g/mol. The number of carbonyl (C=O) groups excluding carboxylic acids is 2. The topological polar surface area (TPSA) is 61.8 Å². The molecule has 0 N–H and O–H groups in total. The van der Waals surface area contributed by atoms with Gasteiger partial charge in [-0.25, -0.2) is 9.59 Å². The van der Waals surface area contributed by atoms with Crippen LogP contribution in [0.1, 0.15) is 15.9 Å². The van der Waals surface area contributed by atoms with Crippen LogP contribution in [0.2, 0.25) is 0 Å². The summed E-state index contributed by atoms with van der Waals surface area (Å²) >= 11 is 0. The van der Waals surface area contributed by atoms with E-state index < -0.39 is 11.9 Å². The standard InChI is InChI=1S/C13H14O5/c1-16-11-8-9(5-7-12(14)17-2)4-6-10(11)13(15)18-3/h4-8H,1-3H3. The molecule has 0 aromatic heterocycles. The fraction of sp³-hybridized carbons (Fsp3) is 0.231. The molecule has 18 heavy (non-hydrogen) atoms. The highest BCUT2D eigenvalue weighted by Gasteiger charge is 2.12. The maximum atomic E-state index is 11.4. The van der Waals surface area contributed by atoms with Crippen molar-refractivity contribution in [3.05, 3.63) is 35.4 Å². The third-order valence-electron chi connectivity index (χ3n) is 2.24. The first-order chi connectivity index (χ1) is 8.62. The number of hydrogen-bond donors (Lipinski definition) is 0. The maximum absolute atomic E-state index is 11.4. The average molecular weight is 250 g/mol. The van der Waals surface area contributed by atoms with Gasteiger partial charge in [-0.2, -0.15) is 0 Å². The summed E-state index contributed by atoms with van der Waals surface area (Å²) in [5.74, 6) is -0.546. The molecule has 0 bridgehead atoms. The van der Waals surface area contributed by atoms with E-state index in [0.717, 1.165) is 0 Å². The van der Waals surface area contributed by atoms with Crippen LogP contribution in [-0.2, 0) is 14.3 Å². The van der Waals surface area contributed by atoms with Crippen LogP contribution in [0.5, 0.6) is 5.75 Å². The fourth-order valence-electron chi connectivity index (χ4n) is 1.32. The van der Waals surface area contributed by atoms with Crippen molar-refractivity contribution in [1.82, 2.24) is 0 Å². The molecule has 1 rings (SSSR count). The Morgan fingerprint density at radius 1 is 1.11 bits per heavy atom. The van der Waals surface area contributed by atoms with Gasteiger partial charge in [0.25, 0.3) is 0 Å². The van der Waals surface area contributed by atoms with E-state index in [9.17, 15) is 9.59 Å². The number of hydrogen-bond acceptors (Lipinski definition) is 5. The summed E-state index contributed by atoms with van der Waals surface area (Å²) in [7, 11) is 4.05. The number of rotatable bonds is 4. The molecule has 96 valence electrons. The SMILES string of the molecule is COC(=O)C=Cc1ccc(C(=O)OC)c(OC)c1. The van der Waals surface area contributed by atoms with Gasteiger partial charge in [-0.15, -0.1) is 0 Å². The Labute approximate surface area is 105 Å². The number of carbonyl (C=O) groups is 2. The summed E-state index contributed by atoms with van der Waals surface area (Å²) in [6.07, 6.45) is 2.85. The van der Waals surface area contributed by atoms with Gasteiger partial charge in [0, 0.05) is 6.08 Å². The molecule has 1 aromatic rings. The maximum Gasteiger partial charge on any atom is 0.341 e.